The lowest BCUT2D eigenvalue weighted by atomic mass is 10.1. The number of rotatable bonds is 2. The molecule has 3 heteroatoms. The summed E-state index contributed by atoms with van der Waals surface area (Å²) >= 11 is 0. The molecule has 70 valence electrons. The normalized spacial score (nSPS) is 10.4. The van der Waals surface area contributed by atoms with Crippen molar-refractivity contribution >= 4 is 11.5 Å². The van der Waals surface area contributed by atoms with Crippen LogP contribution in [0, 0.1) is 11.3 Å². The number of hydrogen-bond acceptors (Lipinski definition) is 3. The van der Waals surface area contributed by atoms with Crippen molar-refractivity contribution in [2.45, 2.75) is 0 Å². The van der Waals surface area contributed by atoms with Gasteiger partial charge in [0, 0.05) is 6.08 Å². The summed E-state index contributed by atoms with van der Waals surface area (Å²) in [5.74, 6) is -0.502. The second-order valence-corrected chi connectivity index (χ2v) is 2.54. The summed E-state index contributed by atoms with van der Waals surface area (Å²) in [5.41, 5.74) is 0.955. The van der Waals surface area contributed by atoms with Crippen molar-refractivity contribution in [3.05, 3.63) is 42.0 Å². The Kier molecular flexibility index (Phi) is 3.45. The minimum Gasteiger partial charge on any atom is -0.465 e. The summed E-state index contributed by atoms with van der Waals surface area (Å²) in [6, 6.07) is 10.7. The molecule has 0 bridgehead atoms. The van der Waals surface area contributed by atoms with Crippen molar-refractivity contribution in [3.63, 3.8) is 0 Å². The molecule has 0 fully saturated rings. The van der Waals surface area contributed by atoms with Crippen LogP contribution in [-0.2, 0) is 9.53 Å². The van der Waals surface area contributed by atoms with E-state index >= 15 is 0 Å². The van der Waals surface area contributed by atoms with Gasteiger partial charge in [-0.2, -0.15) is 5.26 Å². The van der Waals surface area contributed by atoms with Crippen LogP contribution in [0.25, 0.3) is 5.57 Å². The van der Waals surface area contributed by atoms with Crippen LogP contribution < -0.4 is 0 Å². The zero-order chi connectivity index (χ0) is 10.4. The highest BCUT2D eigenvalue weighted by atomic mass is 16.5. The molecule has 0 aliphatic rings. The Morgan fingerprint density at radius 2 is 2.07 bits per heavy atom. The number of nitriles is 1. The van der Waals surface area contributed by atoms with Gasteiger partial charge in [-0.3, -0.25) is 0 Å². The number of carbonyl (C=O) groups is 1. The fourth-order valence-corrected chi connectivity index (χ4v) is 1.05. The summed E-state index contributed by atoms with van der Waals surface area (Å²) in [6.07, 6.45) is 1.18. The predicted octanol–water partition coefficient (Wildman–Crippen LogP) is 1.77. The van der Waals surface area contributed by atoms with E-state index in [0.29, 0.717) is 5.56 Å². The molecule has 0 heterocycles. The van der Waals surface area contributed by atoms with E-state index in [1.807, 2.05) is 12.1 Å². The molecule has 0 aliphatic carbocycles. The largest absolute Gasteiger partial charge is 0.465 e. The molecule has 1 aromatic rings. The van der Waals surface area contributed by atoms with Crippen LogP contribution in [-0.4, -0.2) is 13.1 Å². The Labute approximate surface area is 82.2 Å². The van der Waals surface area contributed by atoms with Crippen LogP contribution in [0.3, 0.4) is 0 Å². The van der Waals surface area contributed by atoms with Crippen LogP contribution in [0.2, 0.25) is 0 Å². The molecular weight excluding hydrogens is 178 g/mol. The molecule has 3 nitrogen and oxygen atoms in total. The Morgan fingerprint density at radius 3 is 2.57 bits per heavy atom. The minimum absolute atomic E-state index is 0.274. The average Bonchev–Trinajstić information content (AvgIpc) is 2.26. The fourth-order valence-electron chi connectivity index (χ4n) is 1.05. The Morgan fingerprint density at radius 1 is 1.43 bits per heavy atom. The van der Waals surface area contributed by atoms with Crippen LogP contribution in [0.5, 0.6) is 0 Å². The highest BCUT2D eigenvalue weighted by Crippen LogP contribution is 2.14. The molecule has 0 saturated carbocycles. The lowest BCUT2D eigenvalue weighted by Crippen LogP contribution is -2.03. The standard InChI is InChI=1S/C11H9NO2/c1-14-11(13)10(7-8-12)9-5-3-2-4-6-9/h2-7H,1H3/b10-7-. The van der Waals surface area contributed by atoms with Gasteiger partial charge in [0.15, 0.2) is 0 Å². The Balaban J connectivity index is 3.10. The number of nitrogens with zero attached hydrogens (tertiary/aromatic N) is 1. The van der Waals surface area contributed by atoms with Crippen LogP contribution in [0.4, 0.5) is 0 Å². The van der Waals surface area contributed by atoms with E-state index in [1.165, 1.54) is 13.2 Å². The van der Waals surface area contributed by atoms with E-state index in [4.69, 9.17) is 5.26 Å². The van der Waals surface area contributed by atoms with Gasteiger partial charge in [0.2, 0.25) is 0 Å². The molecule has 1 aromatic carbocycles. The first-order valence-corrected chi connectivity index (χ1v) is 4.03. The van der Waals surface area contributed by atoms with E-state index in [-0.39, 0.29) is 5.57 Å². The second kappa shape index (κ2) is 4.83. The van der Waals surface area contributed by atoms with Crippen molar-refractivity contribution in [1.82, 2.24) is 0 Å². The third-order valence-corrected chi connectivity index (χ3v) is 1.70. The van der Waals surface area contributed by atoms with Gasteiger partial charge in [-0.1, -0.05) is 30.3 Å². The molecule has 0 unspecified atom stereocenters. The summed E-state index contributed by atoms with van der Waals surface area (Å²) in [4.78, 5) is 11.3. The maximum absolute atomic E-state index is 11.3. The monoisotopic (exact) mass is 187 g/mol. The third-order valence-electron chi connectivity index (χ3n) is 1.70. The average molecular weight is 187 g/mol. The van der Waals surface area contributed by atoms with Gasteiger partial charge in [-0.25, -0.2) is 4.79 Å². The summed E-state index contributed by atoms with van der Waals surface area (Å²) in [6.45, 7) is 0. The fraction of sp³-hybridized carbons (Fsp3) is 0.0909. The van der Waals surface area contributed by atoms with Gasteiger partial charge in [-0.05, 0) is 5.56 Å². The van der Waals surface area contributed by atoms with Crippen molar-refractivity contribution in [2.75, 3.05) is 7.11 Å². The molecule has 0 atom stereocenters. The van der Waals surface area contributed by atoms with Gasteiger partial charge >= 0.3 is 5.97 Å². The van der Waals surface area contributed by atoms with E-state index in [9.17, 15) is 4.79 Å². The quantitative estimate of drug-likeness (QED) is 0.402. The maximum atomic E-state index is 11.3. The molecule has 0 saturated heterocycles. The smallest absolute Gasteiger partial charge is 0.339 e. The van der Waals surface area contributed by atoms with Crippen molar-refractivity contribution in [3.8, 4) is 6.07 Å². The maximum Gasteiger partial charge on any atom is 0.339 e. The number of benzene rings is 1. The van der Waals surface area contributed by atoms with Gasteiger partial charge < -0.3 is 4.74 Å². The summed E-state index contributed by atoms with van der Waals surface area (Å²) < 4.78 is 4.56. The molecule has 0 spiro atoms. The SMILES string of the molecule is COC(=O)/C(=C\C#N)c1ccccc1. The molecule has 0 aliphatic heterocycles. The van der Waals surface area contributed by atoms with Gasteiger partial charge in [0.25, 0.3) is 0 Å². The molecule has 0 radical (unpaired) electrons. The molecule has 0 aromatic heterocycles. The zero-order valence-corrected chi connectivity index (χ0v) is 7.73. The number of methoxy groups -OCH3 is 1. The molecular formula is C11H9NO2. The van der Waals surface area contributed by atoms with E-state index in [0.717, 1.165) is 0 Å². The minimum atomic E-state index is -0.502. The van der Waals surface area contributed by atoms with Crippen molar-refractivity contribution < 1.29 is 9.53 Å². The van der Waals surface area contributed by atoms with Crippen LogP contribution >= 0.6 is 0 Å². The van der Waals surface area contributed by atoms with Crippen molar-refractivity contribution in [2.24, 2.45) is 0 Å². The van der Waals surface area contributed by atoms with Crippen LogP contribution in [0.1, 0.15) is 5.56 Å². The second-order valence-electron chi connectivity index (χ2n) is 2.54. The number of esters is 1. The van der Waals surface area contributed by atoms with E-state index < -0.39 is 5.97 Å². The topological polar surface area (TPSA) is 50.1 Å². The number of ether oxygens (including phenoxy) is 1. The highest BCUT2D eigenvalue weighted by molar-refractivity contribution is 6.16. The number of carbonyl (C=O) groups excluding carboxylic acids is 1. The molecule has 1 rings (SSSR count). The lowest BCUT2D eigenvalue weighted by molar-refractivity contribution is -0.133. The zero-order valence-electron chi connectivity index (χ0n) is 7.73. The first kappa shape index (κ1) is 10.0. The summed E-state index contributed by atoms with van der Waals surface area (Å²) in [7, 11) is 1.29. The lowest BCUT2D eigenvalue weighted by Gasteiger charge is -2.02. The van der Waals surface area contributed by atoms with Crippen LogP contribution in [0.15, 0.2) is 36.4 Å². The molecule has 14 heavy (non-hydrogen) atoms. The Hall–Kier alpha value is -2.08. The Bertz CT molecular complexity index is 387. The van der Waals surface area contributed by atoms with Gasteiger partial charge in [0.05, 0.1) is 18.8 Å². The van der Waals surface area contributed by atoms with E-state index in [2.05, 4.69) is 4.74 Å². The van der Waals surface area contributed by atoms with Gasteiger partial charge in [0.1, 0.15) is 0 Å². The predicted molar refractivity (Wildman–Crippen MR) is 52.0 cm³/mol. The number of allylic oxidation sites excluding steroid dienone is 1. The van der Waals surface area contributed by atoms with Gasteiger partial charge in [-0.15, -0.1) is 0 Å². The molecule has 0 amide bonds. The molecule has 0 N–H and O–H groups in total. The first-order chi connectivity index (χ1) is 6.79. The van der Waals surface area contributed by atoms with E-state index in [1.54, 1.807) is 24.3 Å². The highest BCUT2D eigenvalue weighted by Gasteiger charge is 2.10. The third kappa shape index (κ3) is 2.20. The number of hydrogen-bond donors (Lipinski definition) is 0. The van der Waals surface area contributed by atoms with Crippen molar-refractivity contribution in [1.29, 1.82) is 5.26 Å². The first-order valence-electron chi connectivity index (χ1n) is 4.03. The summed E-state index contributed by atoms with van der Waals surface area (Å²) in [5, 5.41) is 8.51.